The number of sulfonamides is 1. The molecule has 15 heavy (non-hydrogen) atoms. The molecule has 0 spiro atoms. The first-order valence-corrected chi connectivity index (χ1v) is 7.10. The predicted octanol–water partition coefficient (Wildman–Crippen LogP) is -0.710. The Hall–Kier alpha value is -0.170. The highest BCUT2D eigenvalue weighted by molar-refractivity contribution is 7.89. The van der Waals surface area contributed by atoms with Crippen molar-refractivity contribution >= 4 is 10.0 Å². The average molecular weight is 234 g/mol. The van der Waals surface area contributed by atoms with Crippen LogP contribution >= 0.6 is 0 Å². The highest BCUT2D eigenvalue weighted by atomic mass is 32.2. The third-order valence-corrected chi connectivity index (χ3v) is 4.17. The number of nitrogens with one attached hydrogen (secondary N) is 1. The molecule has 2 rings (SSSR count). The quantitative estimate of drug-likeness (QED) is 0.676. The minimum Gasteiger partial charge on any atom is -0.378 e. The van der Waals surface area contributed by atoms with Crippen LogP contribution in [0.5, 0.6) is 0 Å². The van der Waals surface area contributed by atoms with E-state index in [9.17, 15) is 8.42 Å². The summed E-state index contributed by atoms with van der Waals surface area (Å²) in [5, 5.41) is 8.30. The van der Waals surface area contributed by atoms with E-state index >= 15 is 0 Å². The van der Waals surface area contributed by atoms with Crippen LogP contribution in [0.4, 0.5) is 0 Å². The lowest BCUT2D eigenvalue weighted by Crippen LogP contribution is -2.33. The summed E-state index contributed by atoms with van der Waals surface area (Å²) in [7, 11) is -3.37. The maximum atomic E-state index is 11.1. The number of hydrogen-bond donors (Lipinski definition) is 2. The topological polar surface area (TPSA) is 81.4 Å². The fourth-order valence-electron chi connectivity index (χ4n) is 2.61. The van der Waals surface area contributed by atoms with E-state index in [1.807, 2.05) is 0 Å². The van der Waals surface area contributed by atoms with E-state index < -0.39 is 10.0 Å². The van der Waals surface area contributed by atoms with E-state index in [0.29, 0.717) is 5.92 Å². The lowest BCUT2D eigenvalue weighted by Gasteiger charge is -2.23. The molecule has 5 nitrogen and oxygen atoms in total. The van der Waals surface area contributed by atoms with Crippen LogP contribution in [0.1, 0.15) is 12.8 Å². The van der Waals surface area contributed by atoms with Crippen molar-refractivity contribution in [3.63, 3.8) is 0 Å². The van der Waals surface area contributed by atoms with Crippen molar-refractivity contribution in [2.75, 3.05) is 25.4 Å². The van der Waals surface area contributed by atoms with Crippen LogP contribution in [0, 0.1) is 11.8 Å². The summed E-state index contributed by atoms with van der Waals surface area (Å²) >= 11 is 0. The van der Waals surface area contributed by atoms with Gasteiger partial charge in [0.25, 0.3) is 0 Å². The molecule has 2 fully saturated rings. The largest absolute Gasteiger partial charge is 0.378 e. The summed E-state index contributed by atoms with van der Waals surface area (Å²) in [5.74, 6) is 0.499. The highest BCUT2D eigenvalue weighted by Gasteiger charge is 2.37. The van der Waals surface area contributed by atoms with Crippen molar-refractivity contribution in [3.8, 4) is 0 Å². The van der Waals surface area contributed by atoms with Gasteiger partial charge in [0.1, 0.15) is 0 Å². The number of rotatable bonds is 3. The molecular weight excluding hydrogens is 216 g/mol. The third-order valence-electron chi connectivity index (χ3n) is 3.28. The van der Waals surface area contributed by atoms with Gasteiger partial charge in [-0.3, -0.25) is 0 Å². The normalized spacial score (nSPS) is 37.3. The van der Waals surface area contributed by atoms with Crippen LogP contribution in [-0.2, 0) is 14.8 Å². The van der Waals surface area contributed by atoms with E-state index in [2.05, 4.69) is 5.32 Å². The van der Waals surface area contributed by atoms with E-state index in [1.54, 1.807) is 0 Å². The zero-order valence-electron chi connectivity index (χ0n) is 8.69. The van der Waals surface area contributed by atoms with Gasteiger partial charge >= 0.3 is 0 Å². The van der Waals surface area contributed by atoms with Crippen molar-refractivity contribution in [1.29, 1.82) is 0 Å². The van der Waals surface area contributed by atoms with Crippen LogP contribution < -0.4 is 10.5 Å². The maximum Gasteiger partial charge on any atom is 0.209 e. The van der Waals surface area contributed by atoms with Gasteiger partial charge in [-0.25, -0.2) is 13.6 Å². The zero-order valence-corrected chi connectivity index (χ0v) is 9.50. The first kappa shape index (κ1) is 11.3. The zero-order chi connectivity index (χ0) is 10.9. The second-order valence-corrected chi connectivity index (χ2v) is 6.12. The Morgan fingerprint density at radius 2 is 2.20 bits per heavy atom. The van der Waals surface area contributed by atoms with Crippen molar-refractivity contribution in [1.82, 2.24) is 5.32 Å². The van der Waals surface area contributed by atoms with Gasteiger partial charge in [0, 0.05) is 19.1 Å². The van der Waals surface area contributed by atoms with E-state index in [-0.39, 0.29) is 17.8 Å². The van der Waals surface area contributed by atoms with Gasteiger partial charge in [-0.05, 0) is 25.3 Å². The highest BCUT2D eigenvalue weighted by Crippen LogP contribution is 2.29. The number of hydrogen-bond acceptors (Lipinski definition) is 4. The number of primary sulfonamides is 1. The second-order valence-electron chi connectivity index (χ2n) is 4.46. The maximum absolute atomic E-state index is 11.1. The van der Waals surface area contributed by atoms with Crippen LogP contribution in [-0.4, -0.2) is 40.0 Å². The van der Waals surface area contributed by atoms with Gasteiger partial charge in [-0.2, -0.15) is 0 Å². The third kappa shape index (κ3) is 2.90. The van der Waals surface area contributed by atoms with Gasteiger partial charge in [0.15, 0.2) is 0 Å². The van der Waals surface area contributed by atoms with Crippen LogP contribution in [0.15, 0.2) is 0 Å². The molecule has 3 unspecified atom stereocenters. The van der Waals surface area contributed by atoms with Gasteiger partial charge in [0.2, 0.25) is 10.0 Å². The fourth-order valence-corrected chi connectivity index (χ4v) is 3.57. The molecule has 3 N–H and O–H groups in total. The lowest BCUT2D eigenvalue weighted by atomic mass is 9.91. The molecular formula is C9H18N2O3S. The molecule has 0 radical (unpaired) electrons. The number of ether oxygens (including phenoxy) is 1. The smallest absolute Gasteiger partial charge is 0.209 e. The molecule has 2 saturated heterocycles. The minimum atomic E-state index is -3.37. The minimum absolute atomic E-state index is 0.0739. The first-order chi connectivity index (χ1) is 7.06. The summed E-state index contributed by atoms with van der Waals surface area (Å²) in [6.07, 6.45) is 2.36. The molecule has 88 valence electrons. The Kier molecular flexibility index (Phi) is 3.30. The van der Waals surface area contributed by atoms with Crippen LogP contribution in [0.3, 0.4) is 0 Å². The average Bonchev–Trinajstić information content (AvgIpc) is 2.68. The summed E-state index contributed by atoms with van der Waals surface area (Å²) in [4.78, 5) is 0. The Balaban J connectivity index is 1.98. The Labute approximate surface area is 90.4 Å². The first-order valence-electron chi connectivity index (χ1n) is 5.39. The Bertz CT molecular complexity index is 311. The van der Waals surface area contributed by atoms with Gasteiger partial charge in [0.05, 0.1) is 11.9 Å². The summed E-state index contributed by atoms with van der Waals surface area (Å²) in [6, 6.07) is 0. The number of nitrogens with two attached hydrogens (primary N) is 1. The van der Waals surface area contributed by atoms with Gasteiger partial charge in [-0.1, -0.05) is 0 Å². The Morgan fingerprint density at radius 3 is 2.80 bits per heavy atom. The van der Waals surface area contributed by atoms with Gasteiger partial charge in [-0.15, -0.1) is 0 Å². The van der Waals surface area contributed by atoms with Crippen molar-refractivity contribution < 1.29 is 13.2 Å². The molecule has 0 aliphatic carbocycles. The fraction of sp³-hybridized carbons (Fsp3) is 1.00. The molecule has 0 aromatic carbocycles. The molecule has 0 aromatic heterocycles. The summed E-state index contributed by atoms with van der Waals surface area (Å²) in [5.41, 5.74) is 0. The SMILES string of the molecule is NS(=O)(=O)CC1CNCC1C1CCCO1. The summed E-state index contributed by atoms with van der Waals surface area (Å²) < 4.78 is 27.7. The van der Waals surface area contributed by atoms with Gasteiger partial charge < -0.3 is 10.1 Å². The molecule has 0 saturated carbocycles. The molecule has 0 bridgehead atoms. The van der Waals surface area contributed by atoms with Crippen molar-refractivity contribution in [3.05, 3.63) is 0 Å². The summed E-state index contributed by atoms with van der Waals surface area (Å²) in [6.45, 7) is 2.40. The molecule has 3 atom stereocenters. The monoisotopic (exact) mass is 234 g/mol. The van der Waals surface area contributed by atoms with Crippen molar-refractivity contribution in [2.24, 2.45) is 17.0 Å². The molecule has 2 aliphatic rings. The van der Waals surface area contributed by atoms with E-state index in [4.69, 9.17) is 9.88 Å². The van der Waals surface area contributed by atoms with Crippen molar-refractivity contribution in [2.45, 2.75) is 18.9 Å². The molecule has 0 aromatic rings. The molecule has 2 aliphatic heterocycles. The molecule has 0 amide bonds. The molecule has 2 heterocycles. The standard InChI is InChI=1S/C9H18N2O3S/c10-15(12,13)6-7-4-11-5-8(7)9-2-1-3-14-9/h7-9,11H,1-6H2,(H2,10,12,13). The second kappa shape index (κ2) is 4.37. The van der Waals surface area contributed by atoms with Crippen LogP contribution in [0.25, 0.3) is 0 Å². The molecule has 6 heteroatoms. The lowest BCUT2D eigenvalue weighted by molar-refractivity contribution is 0.0570. The Morgan fingerprint density at radius 1 is 1.40 bits per heavy atom. The van der Waals surface area contributed by atoms with Crippen LogP contribution in [0.2, 0.25) is 0 Å². The predicted molar refractivity (Wildman–Crippen MR) is 56.8 cm³/mol. The van der Waals surface area contributed by atoms with E-state index in [0.717, 1.165) is 32.5 Å². The van der Waals surface area contributed by atoms with E-state index in [1.165, 1.54) is 0 Å².